The Morgan fingerprint density at radius 2 is 2.21 bits per heavy atom. The highest BCUT2D eigenvalue weighted by molar-refractivity contribution is 6.01. The zero-order chi connectivity index (χ0) is 23.4. The highest BCUT2D eigenvalue weighted by Crippen LogP contribution is 2.27. The number of ether oxygens (including phenoxy) is 2. The lowest BCUT2D eigenvalue weighted by Gasteiger charge is -2.13. The molecule has 1 amide bonds. The molecule has 1 aliphatic heterocycles. The molecule has 0 spiro atoms. The summed E-state index contributed by atoms with van der Waals surface area (Å²) < 4.78 is 12.9. The molecule has 4 rings (SSSR count). The van der Waals surface area contributed by atoms with E-state index in [-0.39, 0.29) is 23.1 Å². The molecule has 0 unspecified atom stereocenters. The summed E-state index contributed by atoms with van der Waals surface area (Å²) in [6.07, 6.45) is 4.55. The molecule has 0 saturated carbocycles. The van der Waals surface area contributed by atoms with Crippen LogP contribution in [0.15, 0.2) is 53.0 Å². The van der Waals surface area contributed by atoms with E-state index in [0.29, 0.717) is 24.5 Å². The lowest BCUT2D eigenvalue weighted by Crippen LogP contribution is -2.32. The van der Waals surface area contributed by atoms with Crippen molar-refractivity contribution in [2.45, 2.75) is 32.8 Å². The maximum atomic E-state index is 13.3. The molecule has 3 aromatic rings. The van der Waals surface area contributed by atoms with Crippen LogP contribution in [0.2, 0.25) is 0 Å². The van der Waals surface area contributed by atoms with Gasteiger partial charge in [0.2, 0.25) is 5.88 Å². The van der Waals surface area contributed by atoms with E-state index in [2.05, 4.69) is 10.3 Å². The van der Waals surface area contributed by atoms with Crippen molar-refractivity contribution in [2.24, 2.45) is 0 Å². The summed E-state index contributed by atoms with van der Waals surface area (Å²) in [6.45, 7) is 4.84. The number of nitrogens with zero attached hydrogens (tertiary/aromatic N) is 3. The van der Waals surface area contributed by atoms with E-state index in [1.54, 1.807) is 30.5 Å². The van der Waals surface area contributed by atoms with Crippen LogP contribution in [0.25, 0.3) is 11.7 Å². The molecule has 8 heteroatoms. The third-order valence-electron chi connectivity index (χ3n) is 5.44. The first-order chi connectivity index (χ1) is 16.0. The summed E-state index contributed by atoms with van der Waals surface area (Å²) in [7, 11) is 0. The number of aryl methyl sites for hydroxylation is 2. The van der Waals surface area contributed by atoms with E-state index in [9.17, 15) is 14.9 Å². The number of carbonyl (C=O) groups excluding carboxylic acids is 1. The van der Waals surface area contributed by atoms with Crippen molar-refractivity contribution in [1.82, 2.24) is 14.7 Å². The topological polar surface area (TPSA) is 106 Å². The minimum atomic E-state index is -0.581. The zero-order valence-corrected chi connectivity index (χ0v) is 18.5. The molecule has 1 aromatic carbocycles. The van der Waals surface area contributed by atoms with Crippen molar-refractivity contribution in [2.75, 3.05) is 13.2 Å². The van der Waals surface area contributed by atoms with Crippen LogP contribution in [0.1, 0.15) is 29.5 Å². The monoisotopic (exact) mass is 444 g/mol. The van der Waals surface area contributed by atoms with Gasteiger partial charge in [-0.25, -0.2) is 0 Å². The van der Waals surface area contributed by atoms with Gasteiger partial charge in [-0.15, -0.1) is 0 Å². The number of carbonyl (C=O) groups is 1. The molecule has 2 aromatic heterocycles. The second kappa shape index (κ2) is 9.67. The summed E-state index contributed by atoms with van der Waals surface area (Å²) in [4.78, 5) is 30.4. The number of nitriles is 1. The number of rotatable bonds is 6. The van der Waals surface area contributed by atoms with Gasteiger partial charge in [0, 0.05) is 19.3 Å². The van der Waals surface area contributed by atoms with Gasteiger partial charge in [0.05, 0.1) is 6.10 Å². The maximum Gasteiger partial charge on any atom is 0.269 e. The Morgan fingerprint density at radius 3 is 2.94 bits per heavy atom. The molecule has 33 heavy (non-hydrogen) atoms. The number of nitrogens with one attached hydrogen (secondary N) is 1. The van der Waals surface area contributed by atoms with E-state index in [0.717, 1.165) is 24.0 Å². The summed E-state index contributed by atoms with van der Waals surface area (Å²) in [5.41, 5.74) is 1.69. The van der Waals surface area contributed by atoms with Crippen molar-refractivity contribution in [3.63, 3.8) is 0 Å². The van der Waals surface area contributed by atoms with Gasteiger partial charge in [0.25, 0.3) is 11.5 Å². The van der Waals surface area contributed by atoms with Crippen molar-refractivity contribution in [3.05, 3.63) is 75.2 Å². The van der Waals surface area contributed by atoms with Crippen molar-refractivity contribution in [3.8, 4) is 17.7 Å². The standard InChI is InChI=1S/C25H24N4O4/c1-16-8-9-21(17(2)12-16)33-24-20(25(31)29-10-4-3-7-22(29)28-24)13-18(14-26)23(30)27-15-19-6-5-11-32-19/h3-4,7-10,12-13,19H,5-6,11,15H2,1-2H3,(H,27,30)/b18-13+/t19-/m1/s1. The first kappa shape index (κ1) is 22.2. The summed E-state index contributed by atoms with van der Waals surface area (Å²) in [6, 6.07) is 12.7. The number of aromatic nitrogens is 2. The van der Waals surface area contributed by atoms with Crippen LogP contribution in [0.5, 0.6) is 11.6 Å². The first-order valence-electron chi connectivity index (χ1n) is 10.7. The predicted molar refractivity (Wildman–Crippen MR) is 123 cm³/mol. The highest BCUT2D eigenvalue weighted by atomic mass is 16.5. The number of fused-ring (bicyclic) bond motifs is 1. The Kier molecular flexibility index (Phi) is 6.52. The summed E-state index contributed by atoms with van der Waals surface area (Å²) in [5.74, 6) is -0.0235. The van der Waals surface area contributed by atoms with E-state index >= 15 is 0 Å². The lowest BCUT2D eigenvalue weighted by atomic mass is 10.1. The van der Waals surface area contributed by atoms with Crippen molar-refractivity contribution >= 4 is 17.6 Å². The van der Waals surface area contributed by atoms with E-state index in [4.69, 9.17) is 9.47 Å². The Hall–Kier alpha value is -3.96. The molecular weight excluding hydrogens is 420 g/mol. The maximum absolute atomic E-state index is 13.3. The van der Waals surface area contributed by atoms with E-state index < -0.39 is 11.5 Å². The van der Waals surface area contributed by atoms with Crippen LogP contribution in [-0.4, -0.2) is 34.5 Å². The number of benzene rings is 1. The van der Waals surface area contributed by atoms with Crippen LogP contribution in [0.4, 0.5) is 0 Å². The van der Waals surface area contributed by atoms with Gasteiger partial charge >= 0.3 is 0 Å². The molecular formula is C25H24N4O4. The van der Waals surface area contributed by atoms with E-state index in [1.807, 2.05) is 32.0 Å². The number of pyridine rings is 1. The molecule has 1 saturated heterocycles. The third-order valence-corrected chi connectivity index (χ3v) is 5.44. The van der Waals surface area contributed by atoms with Crippen LogP contribution in [0, 0.1) is 25.2 Å². The average molecular weight is 444 g/mol. The molecule has 1 atom stereocenters. The van der Waals surface area contributed by atoms with Crippen LogP contribution >= 0.6 is 0 Å². The van der Waals surface area contributed by atoms with Gasteiger partial charge in [-0.2, -0.15) is 10.2 Å². The fourth-order valence-corrected chi connectivity index (χ4v) is 3.70. The zero-order valence-electron chi connectivity index (χ0n) is 18.5. The molecule has 0 aliphatic carbocycles. The molecule has 3 heterocycles. The van der Waals surface area contributed by atoms with E-state index in [1.165, 1.54) is 10.5 Å². The predicted octanol–water partition coefficient (Wildman–Crippen LogP) is 3.31. The Labute approximate surface area is 191 Å². The quantitative estimate of drug-likeness (QED) is 0.462. The molecule has 1 aliphatic rings. The Balaban J connectivity index is 1.74. The molecule has 168 valence electrons. The molecule has 1 fully saturated rings. The van der Waals surface area contributed by atoms with Gasteiger partial charge in [0.1, 0.15) is 28.6 Å². The van der Waals surface area contributed by atoms with Crippen molar-refractivity contribution in [1.29, 1.82) is 5.26 Å². The van der Waals surface area contributed by atoms with Gasteiger partial charge in [-0.3, -0.25) is 14.0 Å². The number of hydrogen-bond donors (Lipinski definition) is 1. The fraction of sp³-hybridized carbons (Fsp3) is 0.280. The SMILES string of the molecule is Cc1ccc(Oc2nc3ccccn3c(=O)c2/C=C(\C#N)C(=O)NC[C@H]2CCCO2)c(C)c1. The summed E-state index contributed by atoms with van der Waals surface area (Å²) >= 11 is 0. The largest absolute Gasteiger partial charge is 0.438 e. The number of amides is 1. The molecule has 0 radical (unpaired) electrons. The molecule has 0 bridgehead atoms. The normalized spacial score (nSPS) is 15.9. The average Bonchev–Trinajstić information content (AvgIpc) is 3.33. The molecule has 8 nitrogen and oxygen atoms in total. The van der Waals surface area contributed by atoms with Gasteiger partial charge in [-0.1, -0.05) is 23.8 Å². The van der Waals surface area contributed by atoms with Crippen LogP contribution < -0.4 is 15.6 Å². The van der Waals surface area contributed by atoms with Crippen LogP contribution in [0.3, 0.4) is 0 Å². The van der Waals surface area contributed by atoms with Gasteiger partial charge < -0.3 is 14.8 Å². The van der Waals surface area contributed by atoms with Crippen molar-refractivity contribution < 1.29 is 14.3 Å². The van der Waals surface area contributed by atoms with Crippen LogP contribution in [-0.2, 0) is 9.53 Å². The first-order valence-corrected chi connectivity index (χ1v) is 10.7. The fourth-order valence-electron chi connectivity index (χ4n) is 3.70. The third kappa shape index (κ3) is 4.94. The summed E-state index contributed by atoms with van der Waals surface area (Å²) in [5, 5.41) is 12.3. The Morgan fingerprint density at radius 1 is 1.36 bits per heavy atom. The van der Waals surface area contributed by atoms with Gasteiger partial charge in [-0.05, 0) is 56.5 Å². The second-order valence-corrected chi connectivity index (χ2v) is 7.95. The number of hydrogen-bond acceptors (Lipinski definition) is 6. The Bertz CT molecular complexity index is 1330. The highest BCUT2D eigenvalue weighted by Gasteiger charge is 2.20. The van der Waals surface area contributed by atoms with Gasteiger partial charge in [0.15, 0.2) is 0 Å². The smallest absolute Gasteiger partial charge is 0.269 e. The second-order valence-electron chi connectivity index (χ2n) is 7.95. The molecule has 1 N–H and O–H groups in total. The minimum Gasteiger partial charge on any atom is -0.438 e. The lowest BCUT2D eigenvalue weighted by molar-refractivity contribution is -0.117. The minimum absolute atomic E-state index is 0.0162.